The zero-order valence-electron chi connectivity index (χ0n) is 16.6. The molecular weight excluding hydrogens is 350 g/mol. The van der Waals surface area contributed by atoms with Gasteiger partial charge in [-0.3, -0.25) is 4.79 Å². The van der Waals surface area contributed by atoms with E-state index in [2.05, 4.69) is 40.5 Å². The summed E-state index contributed by atoms with van der Waals surface area (Å²) in [5, 5.41) is 6.09. The van der Waals surface area contributed by atoms with E-state index in [1.54, 1.807) is 12.3 Å². The number of amides is 1. The third-order valence-corrected chi connectivity index (χ3v) is 4.36. The summed E-state index contributed by atoms with van der Waals surface area (Å²) < 4.78 is 0. The fourth-order valence-electron chi connectivity index (χ4n) is 2.82. The highest BCUT2D eigenvalue weighted by Crippen LogP contribution is 2.25. The second-order valence-electron chi connectivity index (χ2n) is 7.03. The second-order valence-corrected chi connectivity index (χ2v) is 7.03. The Kier molecular flexibility index (Phi) is 5.89. The van der Waals surface area contributed by atoms with Crippen molar-refractivity contribution in [3.8, 4) is 0 Å². The summed E-state index contributed by atoms with van der Waals surface area (Å²) in [6, 6.07) is 17.3. The molecule has 144 valence electrons. The molecule has 2 aromatic carbocycles. The Balaban J connectivity index is 1.75. The van der Waals surface area contributed by atoms with Gasteiger partial charge in [0.1, 0.15) is 5.69 Å². The van der Waals surface area contributed by atoms with E-state index in [1.165, 1.54) is 5.56 Å². The molecule has 1 amide bonds. The topological polar surface area (TPSA) is 70.2 Å². The fourth-order valence-corrected chi connectivity index (χ4v) is 2.82. The first kappa shape index (κ1) is 19.4. The van der Waals surface area contributed by atoms with Gasteiger partial charge in [0.15, 0.2) is 0 Å². The van der Waals surface area contributed by atoms with Crippen LogP contribution in [-0.2, 0) is 0 Å². The molecule has 0 saturated heterocycles. The molecule has 0 aliphatic carbocycles. The van der Waals surface area contributed by atoms with Crippen LogP contribution in [0, 0.1) is 0 Å². The van der Waals surface area contributed by atoms with Crippen LogP contribution in [0.5, 0.6) is 0 Å². The first-order chi connectivity index (χ1) is 13.4. The maximum absolute atomic E-state index is 12.6. The molecule has 0 saturated carbocycles. The summed E-state index contributed by atoms with van der Waals surface area (Å²) in [6.45, 7) is 4.26. The lowest BCUT2D eigenvalue weighted by molar-refractivity contribution is 0.102. The van der Waals surface area contributed by atoms with Crippen LogP contribution in [0.3, 0.4) is 0 Å². The number of carbonyl (C=O) groups excluding carboxylic acids is 1. The monoisotopic (exact) mass is 375 g/mol. The minimum atomic E-state index is -0.278. The van der Waals surface area contributed by atoms with Gasteiger partial charge in [-0.15, -0.1) is 0 Å². The standard InChI is InChI=1S/C22H25N5O/c1-15(2)18-7-5-6-8-19(18)25-22-23-14-13-20(26-22)21(28)24-16-9-11-17(12-10-16)27(3)4/h5-15H,1-4H3,(H,24,28)(H,23,25,26). The van der Waals surface area contributed by atoms with Gasteiger partial charge in [-0.2, -0.15) is 0 Å². The van der Waals surface area contributed by atoms with Crippen LogP contribution in [0.4, 0.5) is 23.0 Å². The molecule has 1 heterocycles. The number of para-hydroxylation sites is 1. The molecule has 0 bridgehead atoms. The Morgan fingerprint density at radius 1 is 1.00 bits per heavy atom. The van der Waals surface area contributed by atoms with Crippen molar-refractivity contribution in [2.24, 2.45) is 0 Å². The third kappa shape index (κ3) is 4.65. The molecule has 0 aliphatic rings. The summed E-state index contributed by atoms with van der Waals surface area (Å²) in [5.41, 5.74) is 4.19. The van der Waals surface area contributed by atoms with E-state index < -0.39 is 0 Å². The summed E-state index contributed by atoms with van der Waals surface area (Å²) in [5.74, 6) is 0.476. The van der Waals surface area contributed by atoms with E-state index in [-0.39, 0.29) is 5.91 Å². The largest absolute Gasteiger partial charge is 0.378 e. The van der Waals surface area contributed by atoms with Gasteiger partial charge in [-0.05, 0) is 47.9 Å². The average molecular weight is 375 g/mol. The van der Waals surface area contributed by atoms with Gasteiger partial charge in [-0.1, -0.05) is 32.0 Å². The highest BCUT2D eigenvalue weighted by atomic mass is 16.1. The molecule has 2 N–H and O–H groups in total. The summed E-state index contributed by atoms with van der Waals surface area (Å²) >= 11 is 0. The first-order valence-electron chi connectivity index (χ1n) is 9.22. The number of nitrogens with one attached hydrogen (secondary N) is 2. The number of anilines is 4. The average Bonchev–Trinajstić information content (AvgIpc) is 2.69. The van der Waals surface area contributed by atoms with E-state index >= 15 is 0 Å². The minimum absolute atomic E-state index is 0.278. The number of aromatic nitrogens is 2. The molecule has 0 fully saturated rings. The van der Waals surface area contributed by atoms with E-state index in [0.717, 1.165) is 11.4 Å². The molecule has 3 rings (SSSR count). The van der Waals surface area contributed by atoms with Crippen molar-refractivity contribution >= 4 is 28.9 Å². The Bertz CT molecular complexity index is 951. The van der Waals surface area contributed by atoms with Gasteiger partial charge in [-0.25, -0.2) is 9.97 Å². The summed E-state index contributed by atoms with van der Waals surface area (Å²) in [6.07, 6.45) is 1.58. The second kappa shape index (κ2) is 8.52. The minimum Gasteiger partial charge on any atom is -0.378 e. The highest BCUT2D eigenvalue weighted by molar-refractivity contribution is 6.03. The normalized spacial score (nSPS) is 10.6. The Labute approximate surface area is 165 Å². The van der Waals surface area contributed by atoms with Crippen LogP contribution in [-0.4, -0.2) is 30.0 Å². The lowest BCUT2D eigenvalue weighted by Crippen LogP contribution is -2.15. The van der Waals surface area contributed by atoms with Gasteiger partial charge in [0, 0.05) is 37.4 Å². The van der Waals surface area contributed by atoms with Crippen LogP contribution in [0.15, 0.2) is 60.8 Å². The number of benzene rings is 2. The van der Waals surface area contributed by atoms with E-state index in [9.17, 15) is 4.79 Å². The van der Waals surface area contributed by atoms with Crippen molar-refractivity contribution in [2.45, 2.75) is 19.8 Å². The van der Waals surface area contributed by atoms with Crippen LogP contribution in [0.25, 0.3) is 0 Å². The zero-order chi connectivity index (χ0) is 20.1. The van der Waals surface area contributed by atoms with E-state index in [0.29, 0.717) is 23.2 Å². The quantitative estimate of drug-likeness (QED) is 0.656. The smallest absolute Gasteiger partial charge is 0.274 e. The molecule has 6 heteroatoms. The first-order valence-corrected chi connectivity index (χ1v) is 9.22. The van der Waals surface area contributed by atoms with Crippen molar-refractivity contribution in [1.29, 1.82) is 0 Å². The van der Waals surface area contributed by atoms with Crippen LogP contribution in [0.2, 0.25) is 0 Å². The molecule has 6 nitrogen and oxygen atoms in total. The zero-order valence-corrected chi connectivity index (χ0v) is 16.6. The van der Waals surface area contributed by atoms with Gasteiger partial charge in [0.25, 0.3) is 5.91 Å². The molecule has 0 spiro atoms. The predicted molar refractivity (Wildman–Crippen MR) is 115 cm³/mol. The van der Waals surface area contributed by atoms with Crippen LogP contribution < -0.4 is 15.5 Å². The van der Waals surface area contributed by atoms with Gasteiger partial charge in [0.2, 0.25) is 5.95 Å². The Hall–Kier alpha value is -3.41. The molecule has 0 unspecified atom stereocenters. The number of hydrogen-bond acceptors (Lipinski definition) is 5. The van der Waals surface area contributed by atoms with Crippen molar-refractivity contribution in [3.05, 3.63) is 72.1 Å². The van der Waals surface area contributed by atoms with Crippen molar-refractivity contribution in [3.63, 3.8) is 0 Å². The van der Waals surface area contributed by atoms with Crippen molar-refractivity contribution in [1.82, 2.24) is 9.97 Å². The molecule has 0 aliphatic heterocycles. The molecule has 0 atom stereocenters. The van der Waals surface area contributed by atoms with Crippen LogP contribution in [0.1, 0.15) is 35.8 Å². The van der Waals surface area contributed by atoms with Gasteiger partial charge >= 0.3 is 0 Å². The van der Waals surface area contributed by atoms with E-state index in [1.807, 2.05) is 61.5 Å². The summed E-state index contributed by atoms with van der Waals surface area (Å²) in [4.78, 5) is 23.2. The Morgan fingerprint density at radius 2 is 1.71 bits per heavy atom. The van der Waals surface area contributed by atoms with Crippen molar-refractivity contribution in [2.75, 3.05) is 29.6 Å². The third-order valence-electron chi connectivity index (χ3n) is 4.36. The molecular formula is C22H25N5O. The number of carbonyl (C=O) groups is 1. The number of rotatable bonds is 6. The highest BCUT2D eigenvalue weighted by Gasteiger charge is 2.11. The molecule has 28 heavy (non-hydrogen) atoms. The lowest BCUT2D eigenvalue weighted by atomic mass is 10.0. The van der Waals surface area contributed by atoms with Gasteiger partial charge < -0.3 is 15.5 Å². The lowest BCUT2D eigenvalue weighted by Gasteiger charge is -2.14. The van der Waals surface area contributed by atoms with E-state index in [4.69, 9.17) is 0 Å². The van der Waals surface area contributed by atoms with Crippen LogP contribution >= 0.6 is 0 Å². The fraction of sp³-hybridized carbons (Fsp3) is 0.227. The maximum Gasteiger partial charge on any atom is 0.274 e. The maximum atomic E-state index is 12.6. The molecule has 1 aromatic heterocycles. The summed E-state index contributed by atoms with van der Waals surface area (Å²) in [7, 11) is 3.95. The SMILES string of the molecule is CC(C)c1ccccc1Nc1nccc(C(=O)Nc2ccc(N(C)C)cc2)n1. The Morgan fingerprint density at radius 3 is 2.39 bits per heavy atom. The van der Waals surface area contributed by atoms with Gasteiger partial charge in [0.05, 0.1) is 0 Å². The molecule has 3 aromatic rings. The van der Waals surface area contributed by atoms with Crippen molar-refractivity contribution < 1.29 is 4.79 Å². The molecule has 0 radical (unpaired) electrons. The predicted octanol–water partition coefficient (Wildman–Crippen LogP) is 4.66. The number of hydrogen-bond donors (Lipinski definition) is 2. The number of nitrogens with zero attached hydrogens (tertiary/aromatic N) is 3.